The average molecular weight is 168 g/mol. The third-order valence-corrected chi connectivity index (χ3v) is 1.19. The molecule has 0 saturated carbocycles. The third kappa shape index (κ3) is 5.57. The molecule has 0 radical (unpaired) electrons. The molecule has 0 fully saturated rings. The van der Waals surface area contributed by atoms with Gasteiger partial charge < -0.3 is 10.8 Å². The first-order chi connectivity index (χ1) is 5.85. The molecule has 0 rings (SSSR count). The first-order valence-corrected chi connectivity index (χ1v) is 3.66. The van der Waals surface area contributed by atoms with Gasteiger partial charge in [-0.05, 0) is 5.53 Å². The minimum Gasteiger partial charge on any atom is -0.395 e. The van der Waals surface area contributed by atoms with Crippen LogP contribution in [0.25, 0.3) is 10.4 Å². The molecule has 1 unspecified atom stereocenters. The van der Waals surface area contributed by atoms with Crippen molar-refractivity contribution >= 4 is 0 Å². The summed E-state index contributed by atoms with van der Waals surface area (Å²) in [6, 6.07) is -0.249. The van der Waals surface area contributed by atoms with E-state index in [1.807, 2.05) is 0 Å². The summed E-state index contributed by atoms with van der Waals surface area (Å²) in [6.07, 6.45) is 0.911. The van der Waals surface area contributed by atoms with Crippen LogP contribution in [0.5, 0.6) is 0 Å². The van der Waals surface area contributed by atoms with E-state index in [4.69, 9.17) is 16.4 Å². The lowest BCUT2D eigenvalue weighted by atomic mass is 10.2. The summed E-state index contributed by atoms with van der Waals surface area (Å²) >= 11 is 0. The Kier molecular flexibility index (Phi) is 7.10. The Morgan fingerprint density at radius 2 is 2.33 bits per heavy atom. The Balaban J connectivity index is 3.73. The predicted octanol–water partition coefficient (Wildman–Crippen LogP) is 0.400. The van der Waals surface area contributed by atoms with E-state index in [-0.39, 0.29) is 12.6 Å². The van der Waals surface area contributed by atoms with Gasteiger partial charge in [-0.2, -0.15) is 0 Å². The molecule has 0 spiro atoms. The van der Waals surface area contributed by atoms with Gasteiger partial charge in [0.15, 0.2) is 0 Å². The molecule has 1 atom stereocenters. The molecule has 0 bridgehead atoms. The molecule has 0 saturated heterocycles. The zero-order valence-corrected chi connectivity index (χ0v) is 6.77. The lowest BCUT2D eigenvalue weighted by Crippen LogP contribution is -2.16. The fourth-order valence-electron chi connectivity index (χ4n) is 0.579. The Hall–Kier alpha value is -1.21. The average Bonchev–Trinajstić information content (AvgIpc) is 2.10. The van der Waals surface area contributed by atoms with Crippen molar-refractivity contribution < 1.29 is 5.11 Å². The van der Waals surface area contributed by atoms with E-state index in [2.05, 4.69) is 21.9 Å². The number of nitrogens with zero attached hydrogens (tertiary/aromatic N) is 3. The Labute approximate surface area is 71.2 Å². The van der Waals surface area contributed by atoms with Gasteiger partial charge in [-0.25, -0.2) is 0 Å². The molecule has 0 aromatic heterocycles. The topological polar surface area (TPSA) is 95.0 Å². The fraction of sp³-hybridized carbons (Fsp3) is 0.714. The van der Waals surface area contributed by atoms with Crippen molar-refractivity contribution in [3.63, 3.8) is 0 Å². The van der Waals surface area contributed by atoms with E-state index in [0.29, 0.717) is 19.4 Å². The Morgan fingerprint density at radius 1 is 1.58 bits per heavy atom. The molecular weight excluding hydrogens is 156 g/mol. The highest BCUT2D eigenvalue weighted by Gasteiger charge is 1.98. The van der Waals surface area contributed by atoms with Gasteiger partial charge in [0.2, 0.25) is 0 Å². The van der Waals surface area contributed by atoms with Gasteiger partial charge in [0.05, 0.1) is 12.6 Å². The summed E-state index contributed by atoms with van der Waals surface area (Å²) in [5.41, 5.74) is 13.4. The molecular formula is C7H12N4O. The fourth-order valence-corrected chi connectivity index (χ4v) is 0.579. The van der Waals surface area contributed by atoms with Crippen LogP contribution >= 0.6 is 0 Å². The Morgan fingerprint density at radius 3 is 2.83 bits per heavy atom. The maximum Gasteiger partial charge on any atom is 0.0605 e. The van der Waals surface area contributed by atoms with E-state index in [0.717, 1.165) is 0 Å². The number of azide groups is 1. The molecule has 66 valence electrons. The monoisotopic (exact) mass is 168 g/mol. The normalized spacial score (nSPS) is 10.8. The van der Waals surface area contributed by atoms with E-state index in [1.54, 1.807) is 0 Å². The van der Waals surface area contributed by atoms with Crippen LogP contribution in [-0.4, -0.2) is 24.3 Å². The number of rotatable bonds is 4. The van der Waals surface area contributed by atoms with Crippen LogP contribution in [0.15, 0.2) is 5.11 Å². The molecule has 5 heteroatoms. The summed E-state index contributed by atoms with van der Waals surface area (Å²) in [5, 5.41) is 11.8. The van der Waals surface area contributed by atoms with Gasteiger partial charge in [0.25, 0.3) is 0 Å². The SMILES string of the molecule is [N-]=[N+]=NC(CN)CC#CCCO. The summed E-state index contributed by atoms with van der Waals surface area (Å²) in [4.78, 5) is 2.63. The summed E-state index contributed by atoms with van der Waals surface area (Å²) in [5.74, 6) is 5.49. The second-order valence-electron chi connectivity index (χ2n) is 2.13. The van der Waals surface area contributed by atoms with Crippen LogP contribution in [0.3, 0.4) is 0 Å². The standard InChI is InChI=1S/C7H12N4O/c8-6-7(10-11-9)4-2-1-3-5-12/h7,12H,3-6,8H2. The van der Waals surface area contributed by atoms with E-state index < -0.39 is 0 Å². The van der Waals surface area contributed by atoms with Crippen molar-refractivity contribution in [2.75, 3.05) is 13.2 Å². The second-order valence-corrected chi connectivity index (χ2v) is 2.13. The zero-order valence-electron chi connectivity index (χ0n) is 6.77. The lowest BCUT2D eigenvalue weighted by molar-refractivity contribution is 0.305. The van der Waals surface area contributed by atoms with Crippen LogP contribution in [0.2, 0.25) is 0 Å². The number of aliphatic hydroxyl groups excluding tert-OH is 1. The van der Waals surface area contributed by atoms with Crippen LogP contribution in [-0.2, 0) is 0 Å². The first-order valence-electron chi connectivity index (χ1n) is 3.66. The van der Waals surface area contributed by atoms with Crippen molar-refractivity contribution in [3.05, 3.63) is 10.4 Å². The van der Waals surface area contributed by atoms with Gasteiger partial charge in [-0.1, -0.05) is 5.11 Å². The van der Waals surface area contributed by atoms with Gasteiger partial charge in [0.1, 0.15) is 0 Å². The van der Waals surface area contributed by atoms with Crippen molar-refractivity contribution in [2.24, 2.45) is 10.8 Å². The highest BCUT2D eigenvalue weighted by molar-refractivity contribution is 5.01. The van der Waals surface area contributed by atoms with E-state index in [1.165, 1.54) is 0 Å². The third-order valence-electron chi connectivity index (χ3n) is 1.19. The van der Waals surface area contributed by atoms with Crippen LogP contribution in [0, 0.1) is 11.8 Å². The molecule has 0 amide bonds. The molecule has 5 nitrogen and oxygen atoms in total. The minimum absolute atomic E-state index is 0.0574. The summed E-state index contributed by atoms with van der Waals surface area (Å²) < 4.78 is 0. The second kappa shape index (κ2) is 7.89. The number of hydrogen-bond acceptors (Lipinski definition) is 3. The van der Waals surface area contributed by atoms with E-state index >= 15 is 0 Å². The van der Waals surface area contributed by atoms with Crippen LogP contribution in [0.1, 0.15) is 12.8 Å². The quantitative estimate of drug-likeness (QED) is 0.275. The lowest BCUT2D eigenvalue weighted by Gasteiger charge is -1.99. The van der Waals surface area contributed by atoms with Crippen LogP contribution < -0.4 is 5.73 Å². The Bertz CT molecular complexity index is 211. The van der Waals surface area contributed by atoms with E-state index in [9.17, 15) is 0 Å². The van der Waals surface area contributed by atoms with Crippen molar-refractivity contribution in [1.82, 2.24) is 0 Å². The molecule has 3 N–H and O–H groups in total. The molecule has 0 heterocycles. The van der Waals surface area contributed by atoms with Gasteiger partial charge >= 0.3 is 0 Å². The molecule has 0 aromatic rings. The number of nitrogens with two attached hydrogens (primary N) is 1. The van der Waals surface area contributed by atoms with Crippen molar-refractivity contribution in [1.29, 1.82) is 0 Å². The maximum absolute atomic E-state index is 8.38. The highest BCUT2D eigenvalue weighted by Crippen LogP contribution is 1.94. The van der Waals surface area contributed by atoms with Gasteiger partial charge in [0, 0.05) is 24.3 Å². The molecule has 0 aliphatic rings. The molecule has 12 heavy (non-hydrogen) atoms. The zero-order chi connectivity index (χ0) is 9.23. The largest absolute Gasteiger partial charge is 0.395 e. The van der Waals surface area contributed by atoms with Crippen molar-refractivity contribution in [2.45, 2.75) is 18.9 Å². The molecule has 0 aliphatic heterocycles. The van der Waals surface area contributed by atoms with Gasteiger partial charge in [-0.3, -0.25) is 0 Å². The summed E-state index contributed by atoms with van der Waals surface area (Å²) in [6.45, 7) is 0.361. The minimum atomic E-state index is -0.249. The number of aliphatic hydroxyl groups is 1. The predicted molar refractivity (Wildman–Crippen MR) is 46.1 cm³/mol. The first kappa shape index (κ1) is 10.8. The molecule has 0 aliphatic carbocycles. The highest BCUT2D eigenvalue weighted by atomic mass is 16.2. The van der Waals surface area contributed by atoms with Crippen molar-refractivity contribution in [3.8, 4) is 11.8 Å². The smallest absolute Gasteiger partial charge is 0.0605 e. The van der Waals surface area contributed by atoms with Crippen LogP contribution in [0.4, 0.5) is 0 Å². The summed E-state index contributed by atoms with van der Waals surface area (Å²) in [7, 11) is 0. The molecule has 0 aromatic carbocycles. The maximum atomic E-state index is 8.38. The number of hydrogen-bond donors (Lipinski definition) is 2. The van der Waals surface area contributed by atoms with Gasteiger partial charge in [-0.15, -0.1) is 11.8 Å².